The van der Waals surface area contributed by atoms with E-state index in [1.807, 2.05) is 12.1 Å². The highest BCUT2D eigenvalue weighted by atomic mass is 35.5. The van der Waals surface area contributed by atoms with Crippen molar-refractivity contribution in [2.75, 3.05) is 5.32 Å². The van der Waals surface area contributed by atoms with E-state index < -0.39 is 0 Å². The Morgan fingerprint density at radius 2 is 1.61 bits per heavy atom. The van der Waals surface area contributed by atoms with Gasteiger partial charge in [0.05, 0.1) is 20.8 Å². The second-order valence-corrected chi connectivity index (χ2v) is 5.25. The van der Waals surface area contributed by atoms with Crippen LogP contribution >= 0.6 is 34.8 Å². The Hall–Kier alpha value is -0.890. The van der Waals surface area contributed by atoms with Crippen LogP contribution in [0.5, 0.6) is 0 Å². The average molecular weight is 301 g/mol. The van der Waals surface area contributed by atoms with E-state index in [1.54, 1.807) is 12.1 Å². The highest BCUT2D eigenvalue weighted by molar-refractivity contribution is 6.44. The summed E-state index contributed by atoms with van der Waals surface area (Å²) in [7, 11) is 0. The Morgan fingerprint density at radius 1 is 0.944 bits per heavy atom. The number of nitrogens with one attached hydrogen (secondary N) is 1. The van der Waals surface area contributed by atoms with Crippen LogP contribution in [0.15, 0.2) is 36.4 Å². The van der Waals surface area contributed by atoms with E-state index in [4.69, 9.17) is 34.8 Å². The molecule has 0 aromatic heterocycles. The van der Waals surface area contributed by atoms with Crippen molar-refractivity contribution in [1.29, 1.82) is 0 Å². The third-order valence-corrected chi connectivity index (χ3v) is 3.78. The van der Waals surface area contributed by atoms with Crippen LogP contribution in [0, 0.1) is 6.92 Å². The van der Waals surface area contributed by atoms with Crippen molar-refractivity contribution in [3.05, 3.63) is 62.6 Å². The van der Waals surface area contributed by atoms with Crippen LogP contribution in [-0.4, -0.2) is 0 Å². The maximum Gasteiger partial charge on any atom is 0.0653 e. The lowest BCUT2D eigenvalue weighted by molar-refractivity contribution is 1.12. The van der Waals surface area contributed by atoms with Crippen molar-refractivity contribution in [3.63, 3.8) is 0 Å². The summed E-state index contributed by atoms with van der Waals surface area (Å²) >= 11 is 18.0. The van der Waals surface area contributed by atoms with Gasteiger partial charge in [0, 0.05) is 6.54 Å². The zero-order valence-electron chi connectivity index (χ0n) is 9.81. The Bertz CT molecular complexity index is 567. The largest absolute Gasteiger partial charge is 0.380 e. The van der Waals surface area contributed by atoms with Gasteiger partial charge in [0.2, 0.25) is 0 Å². The van der Waals surface area contributed by atoms with Crippen LogP contribution in [0.25, 0.3) is 0 Å². The molecule has 0 spiro atoms. The zero-order chi connectivity index (χ0) is 13.1. The molecule has 0 aliphatic heterocycles. The fourth-order valence-corrected chi connectivity index (χ4v) is 2.27. The van der Waals surface area contributed by atoms with E-state index in [2.05, 4.69) is 24.4 Å². The number of rotatable bonds is 3. The van der Waals surface area contributed by atoms with E-state index >= 15 is 0 Å². The molecule has 4 heteroatoms. The molecule has 18 heavy (non-hydrogen) atoms. The maximum atomic E-state index is 6.10. The van der Waals surface area contributed by atoms with Crippen LogP contribution < -0.4 is 5.32 Å². The first-order valence-electron chi connectivity index (χ1n) is 5.51. The van der Waals surface area contributed by atoms with Crippen LogP contribution in [-0.2, 0) is 6.54 Å². The predicted molar refractivity (Wildman–Crippen MR) is 80.0 cm³/mol. The van der Waals surface area contributed by atoms with Gasteiger partial charge in [-0.05, 0) is 30.2 Å². The van der Waals surface area contributed by atoms with Gasteiger partial charge in [0.1, 0.15) is 0 Å². The molecular formula is C14H12Cl3N. The Kier molecular flexibility index (Phi) is 4.39. The first kappa shape index (κ1) is 13.5. The molecule has 0 saturated heterocycles. The molecule has 0 bridgehead atoms. The second-order valence-electron chi connectivity index (χ2n) is 4.03. The molecule has 2 aromatic rings. The maximum absolute atomic E-state index is 6.10. The van der Waals surface area contributed by atoms with Gasteiger partial charge in [0.15, 0.2) is 0 Å². The summed E-state index contributed by atoms with van der Waals surface area (Å²) in [6.07, 6.45) is 0. The molecule has 0 aliphatic carbocycles. The molecule has 2 rings (SSSR count). The van der Waals surface area contributed by atoms with Crippen LogP contribution in [0.3, 0.4) is 0 Å². The van der Waals surface area contributed by atoms with Crippen molar-refractivity contribution in [2.24, 2.45) is 0 Å². The molecule has 2 aromatic carbocycles. The van der Waals surface area contributed by atoms with Crippen molar-refractivity contribution < 1.29 is 0 Å². The summed E-state index contributed by atoms with van der Waals surface area (Å²) in [4.78, 5) is 0. The standard InChI is InChI=1S/C14H12Cl3N/c1-9-4-2-3-5-10(9)8-18-14-7-12(16)11(15)6-13(14)17/h2-7,18H,8H2,1H3. The molecule has 0 aliphatic rings. The summed E-state index contributed by atoms with van der Waals surface area (Å²) in [6.45, 7) is 2.78. The van der Waals surface area contributed by atoms with Crippen LogP contribution in [0.1, 0.15) is 11.1 Å². The number of hydrogen-bond acceptors (Lipinski definition) is 1. The highest BCUT2D eigenvalue weighted by Gasteiger charge is 2.06. The molecule has 0 heterocycles. The summed E-state index contributed by atoms with van der Waals surface area (Å²) in [5, 5.41) is 4.79. The molecule has 1 N–H and O–H groups in total. The zero-order valence-corrected chi connectivity index (χ0v) is 12.1. The van der Waals surface area contributed by atoms with Crippen LogP contribution in [0.4, 0.5) is 5.69 Å². The lowest BCUT2D eigenvalue weighted by Crippen LogP contribution is -2.01. The number of hydrogen-bond donors (Lipinski definition) is 1. The summed E-state index contributed by atoms with van der Waals surface area (Å²) < 4.78 is 0. The summed E-state index contributed by atoms with van der Waals surface area (Å²) in [5.41, 5.74) is 3.25. The number of aryl methyl sites for hydroxylation is 1. The third kappa shape index (κ3) is 3.11. The molecule has 94 valence electrons. The first-order chi connectivity index (χ1) is 8.58. The highest BCUT2D eigenvalue weighted by Crippen LogP contribution is 2.32. The SMILES string of the molecule is Cc1ccccc1CNc1cc(Cl)c(Cl)cc1Cl. The Balaban J connectivity index is 2.16. The predicted octanol–water partition coefficient (Wildman–Crippen LogP) is 5.57. The topological polar surface area (TPSA) is 12.0 Å². The second kappa shape index (κ2) is 5.83. The van der Waals surface area contributed by atoms with Crippen molar-refractivity contribution in [3.8, 4) is 0 Å². The fourth-order valence-electron chi connectivity index (χ4n) is 1.66. The fraction of sp³-hybridized carbons (Fsp3) is 0.143. The van der Waals surface area contributed by atoms with Gasteiger partial charge in [-0.15, -0.1) is 0 Å². The minimum Gasteiger partial charge on any atom is -0.380 e. The van der Waals surface area contributed by atoms with Crippen molar-refractivity contribution in [2.45, 2.75) is 13.5 Å². The molecule has 0 radical (unpaired) electrons. The van der Waals surface area contributed by atoms with Crippen molar-refractivity contribution >= 4 is 40.5 Å². The van der Waals surface area contributed by atoms with Gasteiger partial charge in [-0.25, -0.2) is 0 Å². The van der Waals surface area contributed by atoms with E-state index in [0.717, 1.165) is 5.69 Å². The van der Waals surface area contributed by atoms with Crippen molar-refractivity contribution in [1.82, 2.24) is 0 Å². The average Bonchev–Trinajstić information content (AvgIpc) is 2.34. The van der Waals surface area contributed by atoms with Gasteiger partial charge < -0.3 is 5.32 Å². The van der Waals surface area contributed by atoms with E-state index in [1.165, 1.54) is 11.1 Å². The minimum absolute atomic E-state index is 0.461. The van der Waals surface area contributed by atoms with Gasteiger partial charge in [-0.3, -0.25) is 0 Å². The molecule has 0 unspecified atom stereocenters. The van der Waals surface area contributed by atoms with E-state index in [9.17, 15) is 0 Å². The molecule has 0 atom stereocenters. The summed E-state index contributed by atoms with van der Waals surface area (Å²) in [6, 6.07) is 11.6. The molecule has 0 saturated carbocycles. The molecular weight excluding hydrogens is 289 g/mol. The smallest absolute Gasteiger partial charge is 0.0653 e. The third-order valence-electron chi connectivity index (χ3n) is 2.74. The van der Waals surface area contributed by atoms with Gasteiger partial charge in [-0.1, -0.05) is 59.1 Å². The molecule has 1 nitrogen and oxygen atoms in total. The van der Waals surface area contributed by atoms with Gasteiger partial charge in [-0.2, -0.15) is 0 Å². The summed E-state index contributed by atoms with van der Waals surface area (Å²) in [5.74, 6) is 0. The van der Waals surface area contributed by atoms with Gasteiger partial charge >= 0.3 is 0 Å². The quantitative estimate of drug-likeness (QED) is 0.731. The minimum atomic E-state index is 0.461. The number of anilines is 1. The number of benzene rings is 2. The Morgan fingerprint density at radius 3 is 2.33 bits per heavy atom. The van der Waals surface area contributed by atoms with E-state index in [-0.39, 0.29) is 0 Å². The Labute approximate surface area is 122 Å². The lowest BCUT2D eigenvalue weighted by atomic mass is 10.1. The molecule has 0 amide bonds. The van der Waals surface area contributed by atoms with Gasteiger partial charge in [0.25, 0.3) is 0 Å². The normalized spacial score (nSPS) is 10.4. The molecule has 0 fully saturated rings. The lowest BCUT2D eigenvalue weighted by Gasteiger charge is -2.11. The van der Waals surface area contributed by atoms with E-state index in [0.29, 0.717) is 21.6 Å². The number of halogens is 3. The monoisotopic (exact) mass is 299 g/mol. The van der Waals surface area contributed by atoms with Crippen LogP contribution in [0.2, 0.25) is 15.1 Å². The first-order valence-corrected chi connectivity index (χ1v) is 6.64.